The molecular weight excluding hydrogens is 631 g/mol. The predicted molar refractivity (Wildman–Crippen MR) is 188 cm³/mol. The Morgan fingerprint density at radius 2 is 1.57 bits per heavy atom. The highest BCUT2D eigenvalue weighted by Crippen LogP contribution is 2.38. The zero-order valence-corrected chi connectivity index (χ0v) is 26.8. The number of amides is 2. The Morgan fingerprint density at radius 1 is 0.851 bits per heavy atom. The molecule has 8 nitrogen and oxygen atoms in total. The summed E-state index contributed by atoms with van der Waals surface area (Å²) in [5.41, 5.74) is 3.30. The van der Waals surface area contributed by atoms with E-state index in [0.717, 1.165) is 27.5 Å². The molecule has 10 heteroatoms. The zero-order valence-electron chi connectivity index (χ0n) is 25.2. The number of anilines is 2. The lowest BCUT2D eigenvalue weighted by molar-refractivity contribution is -0.115. The largest absolute Gasteiger partial charge is 0.494 e. The molecule has 0 aliphatic carbocycles. The first kappa shape index (κ1) is 31.5. The quantitative estimate of drug-likeness (QED) is 0.119. The number of nitrogens with one attached hydrogen (secondary N) is 2. The predicted octanol–water partition coefficient (Wildman–Crippen LogP) is 8.78. The van der Waals surface area contributed by atoms with Gasteiger partial charge in [0.2, 0.25) is 5.91 Å². The fraction of sp³-hybridized carbons (Fsp3) is 0.0811. The van der Waals surface area contributed by atoms with E-state index in [2.05, 4.69) is 15.6 Å². The molecule has 2 amide bonds. The molecular formula is C37H29N3O5S2. The first-order chi connectivity index (χ1) is 22.9. The topological polar surface area (TPSA) is 118 Å². The second-order valence-electron chi connectivity index (χ2n) is 10.4. The lowest BCUT2D eigenvalue weighted by Gasteiger charge is -2.17. The van der Waals surface area contributed by atoms with Gasteiger partial charge in [-0.2, -0.15) is 0 Å². The zero-order chi connectivity index (χ0) is 32.8. The fourth-order valence-electron chi connectivity index (χ4n) is 5.11. The number of thioether (sulfide) groups is 1. The molecule has 0 radical (unpaired) electrons. The maximum absolute atomic E-state index is 13.7. The minimum Gasteiger partial charge on any atom is -0.494 e. The average Bonchev–Trinajstić information content (AvgIpc) is 3.56. The normalized spacial score (nSPS) is 11.5. The second kappa shape index (κ2) is 14.3. The van der Waals surface area contributed by atoms with E-state index in [9.17, 15) is 19.5 Å². The van der Waals surface area contributed by atoms with Crippen molar-refractivity contribution in [2.75, 3.05) is 17.2 Å². The lowest BCUT2D eigenvalue weighted by atomic mass is 9.98. The van der Waals surface area contributed by atoms with E-state index >= 15 is 0 Å². The first-order valence-electron chi connectivity index (χ1n) is 14.8. The van der Waals surface area contributed by atoms with Gasteiger partial charge in [-0.25, -0.2) is 9.78 Å². The number of carbonyl (C=O) groups is 3. The van der Waals surface area contributed by atoms with Crippen molar-refractivity contribution in [2.24, 2.45) is 0 Å². The molecule has 0 bridgehead atoms. The van der Waals surface area contributed by atoms with Crippen LogP contribution in [0.15, 0.2) is 126 Å². The number of hydrogen-bond acceptors (Lipinski definition) is 7. The van der Waals surface area contributed by atoms with Crippen molar-refractivity contribution in [1.29, 1.82) is 0 Å². The van der Waals surface area contributed by atoms with E-state index in [1.54, 1.807) is 48.5 Å². The molecule has 0 saturated carbocycles. The van der Waals surface area contributed by atoms with Gasteiger partial charge in [-0.1, -0.05) is 60.7 Å². The Kier molecular flexibility index (Phi) is 9.61. The smallest absolute Gasteiger partial charge is 0.336 e. The third-order valence-electron chi connectivity index (χ3n) is 7.26. The van der Waals surface area contributed by atoms with Gasteiger partial charge in [-0.15, -0.1) is 23.1 Å². The first-order valence-corrected chi connectivity index (χ1v) is 16.5. The van der Waals surface area contributed by atoms with Crippen molar-refractivity contribution in [1.82, 2.24) is 4.98 Å². The molecule has 1 heterocycles. The van der Waals surface area contributed by atoms with Crippen LogP contribution in [0.25, 0.3) is 22.0 Å². The number of aromatic nitrogens is 1. The summed E-state index contributed by atoms with van der Waals surface area (Å²) >= 11 is 2.70. The van der Waals surface area contributed by atoms with Crippen LogP contribution < -0.4 is 15.4 Å². The van der Waals surface area contributed by atoms with Crippen LogP contribution in [0, 0.1) is 0 Å². The third-order valence-corrected chi connectivity index (χ3v) is 9.27. The summed E-state index contributed by atoms with van der Waals surface area (Å²) in [4.78, 5) is 44.5. The molecule has 6 aromatic rings. The van der Waals surface area contributed by atoms with Crippen molar-refractivity contribution in [3.63, 3.8) is 0 Å². The van der Waals surface area contributed by atoms with E-state index in [-0.39, 0.29) is 17.0 Å². The molecule has 0 saturated heterocycles. The van der Waals surface area contributed by atoms with Gasteiger partial charge in [0.15, 0.2) is 5.13 Å². The van der Waals surface area contributed by atoms with E-state index in [0.29, 0.717) is 28.2 Å². The van der Waals surface area contributed by atoms with E-state index in [4.69, 9.17) is 4.74 Å². The van der Waals surface area contributed by atoms with Gasteiger partial charge in [0.1, 0.15) is 11.0 Å². The molecule has 5 aromatic carbocycles. The van der Waals surface area contributed by atoms with Crippen molar-refractivity contribution in [2.45, 2.75) is 17.1 Å². The number of benzene rings is 5. The number of aromatic carboxylic acids is 1. The molecule has 47 heavy (non-hydrogen) atoms. The van der Waals surface area contributed by atoms with E-state index in [1.165, 1.54) is 29.2 Å². The van der Waals surface area contributed by atoms with Gasteiger partial charge in [0.05, 0.1) is 17.9 Å². The minimum absolute atomic E-state index is 0.0566. The highest BCUT2D eigenvalue weighted by molar-refractivity contribution is 8.00. The Hall–Kier alpha value is -5.45. The second-order valence-corrected chi connectivity index (χ2v) is 12.4. The molecule has 3 N–H and O–H groups in total. The number of nitrogens with zero attached hydrogens (tertiary/aromatic N) is 1. The monoisotopic (exact) mass is 659 g/mol. The number of carboxylic acid groups (broad SMARTS) is 1. The fourth-order valence-corrected chi connectivity index (χ4v) is 6.92. The SMILES string of the molecule is CCOc1ccc(-c2csc(NC(=O)C(Sc3cccc(NC(=O)c4cccc5cccc(C(=O)O)c45)c3)c3ccccc3)n2)cc1. The van der Waals surface area contributed by atoms with E-state index < -0.39 is 17.1 Å². The van der Waals surface area contributed by atoms with Crippen LogP contribution in [0.4, 0.5) is 10.8 Å². The molecule has 0 spiro atoms. The van der Waals surface area contributed by atoms with Crippen molar-refractivity contribution in [3.8, 4) is 17.0 Å². The number of fused-ring (bicyclic) bond motifs is 1. The summed E-state index contributed by atoms with van der Waals surface area (Å²) < 4.78 is 5.53. The average molecular weight is 660 g/mol. The Balaban J connectivity index is 1.21. The Bertz CT molecular complexity index is 2060. The highest BCUT2D eigenvalue weighted by atomic mass is 32.2. The van der Waals surface area contributed by atoms with Gasteiger partial charge >= 0.3 is 5.97 Å². The number of carboxylic acids is 1. The standard InChI is InChI=1S/C37H29N3O5S2/c1-2-45-27-19-17-23(18-20-27)31-22-46-37(39-31)40-35(42)33(25-9-4-3-5-10-25)47-28-14-8-13-26(21-28)38-34(41)29-15-6-11-24-12-7-16-30(32(24)29)36(43)44/h3-22,33H,2H2,1H3,(H,38,41)(H,43,44)(H,39,40,42). The molecule has 234 valence electrons. The lowest BCUT2D eigenvalue weighted by Crippen LogP contribution is -2.19. The van der Waals surface area contributed by atoms with Crippen LogP contribution >= 0.6 is 23.1 Å². The number of rotatable bonds is 11. The summed E-state index contributed by atoms with van der Waals surface area (Å²) in [6.07, 6.45) is 0. The van der Waals surface area contributed by atoms with Crippen molar-refractivity contribution < 1.29 is 24.2 Å². The van der Waals surface area contributed by atoms with Crippen LogP contribution in [0.2, 0.25) is 0 Å². The minimum atomic E-state index is -1.11. The Labute approximate surface area is 279 Å². The maximum atomic E-state index is 13.7. The summed E-state index contributed by atoms with van der Waals surface area (Å²) in [7, 11) is 0. The highest BCUT2D eigenvalue weighted by Gasteiger charge is 2.24. The molecule has 0 fully saturated rings. The van der Waals surface area contributed by atoms with Crippen molar-refractivity contribution in [3.05, 3.63) is 137 Å². The summed E-state index contributed by atoms with van der Waals surface area (Å²) in [5, 5.41) is 18.4. The van der Waals surface area contributed by atoms with Crippen LogP contribution in [0.5, 0.6) is 5.75 Å². The number of hydrogen-bond donors (Lipinski definition) is 3. The van der Waals surface area contributed by atoms with Crippen LogP contribution in [0.1, 0.15) is 38.5 Å². The molecule has 1 aromatic heterocycles. The summed E-state index contributed by atoms with van der Waals surface area (Å²) in [5.74, 6) is -0.993. The van der Waals surface area contributed by atoms with Crippen LogP contribution in [0.3, 0.4) is 0 Å². The molecule has 6 rings (SSSR count). The van der Waals surface area contributed by atoms with Crippen molar-refractivity contribution >= 4 is 62.5 Å². The number of ether oxygens (including phenoxy) is 1. The maximum Gasteiger partial charge on any atom is 0.336 e. The Morgan fingerprint density at radius 3 is 2.30 bits per heavy atom. The molecule has 0 aliphatic heterocycles. The van der Waals surface area contributed by atoms with E-state index in [1.807, 2.05) is 73.0 Å². The van der Waals surface area contributed by atoms with Gasteiger partial charge in [0.25, 0.3) is 5.91 Å². The number of thiazole rings is 1. The van der Waals surface area contributed by atoms with Gasteiger partial charge < -0.3 is 20.5 Å². The van der Waals surface area contributed by atoms with Gasteiger partial charge in [-0.05, 0) is 72.5 Å². The molecule has 1 atom stereocenters. The van der Waals surface area contributed by atoms with Gasteiger partial charge in [0, 0.05) is 32.5 Å². The number of carbonyl (C=O) groups excluding carboxylic acids is 2. The van der Waals surface area contributed by atoms with Gasteiger partial charge in [-0.3, -0.25) is 9.59 Å². The summed E-state index contributed by atoms with van der Waals surface area (Å²) in [6.45, 7) is 2.53. The van der Waals surface area contributed by atoms with Crippen LogP contribution in [-0.4, -0.2) is 34.5 Å². The molecule has 1 unspecified atom stereocenters. The third kappa shape index (κ3) is 7.35. The molecule has 0 aliphatic rings. The van der Waals surface area contributed by atoms with Crippen LogP contribution in [-0.2, 0) is 4.79 Å². The summed E-state index contributed by atoms with van der Waals surface area (Å²) in [6, 6.07) is 34.4.